The zero-order chi connectivity index (χ0) is 16.9. The quantitative estimate of drug-likeness (QED) is 0.465. The number of benzene rings is 3. The summed E-state index contributed by atoms with van der Waals surface area (Å²) in [6.45, 7) is 0. The number of esters is 1. The van der Waals surface area contributed by atoms with E-state index in [1.807, 2.05) is 30.3 Å². The Bertz CT molecular complexity index is 910. The fraction of sp³-hybridized carbons (Fsp3) is 0. The van der Waals surface area contributed by atoms with E-state index in [4.69, 9.17) is 10.00 Å². The molecule has 116 valence electrons. The molecule has 0 N–H and O–H groups in total. The van der Waals surface area contributed by atoms with Crippen LogP contribution in [0.5, 0.6) is 5.75 Å². The lowest BCUT2D eigenvalue weighted by Gasteiger charge is -2.07. The summed E-state index contributed by atoms with van der Waals surface area (Å²) in [4.78, 5) is 12.2. The molecule has 0 atom stereocenters. The molecule has 24 heavy (non-hydrogen) atoms. The van der Waals surface area contributed by atoms with Crippen LogP contribution in [0.1, 0.15) is 15.9 Å². The Balaban J connectivity index is 1.76. The number of rotatable bonds is 3. The van der Waals surface area contributed by atoms with Gasteiger partial charge >= 0.3 is 5.97 Å². The Morgan fingerprint density at radius 2 is 1.46 bits per heavy atom. The Hall–Kier alpha value is -2.90. The Kier molecular flexibility index (Phi) is 4.74. The maximum atomic E-state index is 12.2. The standard InChI is InChI=1S/C20H12BrNO2/c21-19-4-2-1-3-18(19)20(23)24-17-11-9-16(10-12-17)15-7-5-14(13-22)6-8-15/h1-12H. The van der Waals surface area contributed by atoms with Crippen LogP contribution in [0, 0.1) is 11.3 Å². The van der Waals surface area contributed by atoms with Crippen LogP contribution in [0.3, 0.4) is 0 Å². The molecule has 0 unspecified atom stereocenters. The van der Waals surface area contributed by atoms with Crippen LogP contribution in [0.2, 0.25) is 0 Å². The Morgan fingerprint density at radius 3 is 2.04 bits per heavy atom. The number of carbonyl (C=O) groups is 1. The first kappa shape index (κ1) is 16.0. The molecule has 0 aliphatic rings. The van der Waals surface area contributed by atoms with Crippen molar-refractivity contribution < 1.29 is 9.53 Å². The monoisotopic (exact) mass is 377 g/mol. The zero-order valence-electron chi connectivity index (χ0n) is 12.6. The lowest BCUT2D eigenvalue weighted by molar-refractivity contribution is 0.0734. The third kappa shape index (κ3) is 3.53. The normalized spacial score (nSPS) is 10.0. The lowest BCUT2D eigenvalue weighted by Crippen LogP contribution is -2.09. The summed E-state index contributed by atoms with van der Waals surface area (Å²) < 4.78 is 6.09. The molecule has 0 heterocycles. The van der Waals surface area contributed by atoms with E-state index in [9.17, 15) is 4.79 Å². The molecule has 0 bridgehead atoms. The second kappa shape index (κ2) is 7.12. The van der Waals surface area contributed by atoms with E-state index in [0.29, 0.717) is 21.3 Å². The van der Waals surface area contributed by atoms with Crippen LogP contribution in [-0.4, -0.2) is 5.97 Å². The summed E-state index contributed by atoms with van der Waals surface area (Å²) in [6, 6.07) is 23.8. The summed E-state index contributed by atoms with van der Waals surface area (Å²) in [5, 5.41) is 8.83. The molecule has 0 spiro atoms. The molecular formula is C20H12BrNO2. The molecule has 0 aliphatic carbocycles. The van der Waals surface area contributed by atoms with Crippen LogP contribution in [-0.2, 0) is 0 Å². The second-order valence-corrected chi connectivity index (χ2v) is 5.94. The maximum Gasteiger partial charge on any atom is 0.344 e. The third-order valence-corrected chi connectivity index (χ3v) is 4.20. The number of carbonyl (C=O) groups excluding carboxylic acids is 1. The van der Waals surface area contributed by atoms with Crippen molar-refractivity contribution in [3.8, 4) is 22.9 Å². The molecule has 3 aromatic rings. The predicted molar refractivity (Wildman–Crippen MR) is 95.7 cm³/mol. The van der Waals surface area contributed by atoms with Crippen molar-refractivity contribution in [1.29, 1.82) is 5.26 Å². The number of ether oxygens (including phenoxy) is 1. The molecule has 3 rings (SSSR count). The fourth-order valence-corrected chi connectivity index (χ4v) is 2.69. The fourth-order valence-electron chi connectivity index (χ4n) is 2.24. The highest BCUT2D eigenvalue weighted by Gasteiger charge is 2.11. The minimum atomic E-state index is -0.409. The van der Waals surface area contributed by atoms with Crippen molar-refractivity contribution >= 4 is 21.9 Å². The highest BCUT2D eigenvalue weighted by molar-refractivity contribution is 9.10. The van der Waals surface area contributed by atoms with Gasteiger partial charge < -0.3 is 4.74 Å². The van der Waals surface area contributed by atoms with Crippen LogP contribution < -0.4 is 4.74 Å². The SMILES string of the molecule is N#Cc1ccc(-c2ccc(OC(=O)c3ccccc3Br)cc2)cc1. The van der Waals surface area contributed by atoms with E-state index >= 15 is 0 Å². The van der Waals surface area contributed by atoms with Crippen molar-refractivity contribution in [2.45, 2.75) is 0 Å². The van der Waals surface area contributed by atoms with Crippen LogP contribution >= 0.6 is 15.9 Å². The Labute approximate surface area is 148 Å². The number of hydrogen-bond donors (Lipinski definition) is 0. The van der Waals surface area contributed by atoms with Crippen LogP contribution in [0.25, 0.3) is 11.1 Å². The number of halogens is 1. The van der Waals surface area contributed by atoms with Gasteiger partial charge in [0.15, 0.2) is 0 Å². The van der Waals surface area contributed by atoms with Crippen molar-refractivity contribution in [2.24, 2.45) is 0 Å². The minimum absolute atomic E-state index is 0.409. The molecule has 3 nitrogen and oxygen atoms in total. The summed E-state index contributed by atoms with van der Waals surface area (Å²) in [5.74, 6) is 0.0711. The van der Waals surface area contributed by atoms with Crippen molar-refractivity contribution in [3.05, 3.63) is 88.4 Å². The van der Waals surface area contributed by atoms with E-state index in [1.54, 1.807) is 42.5 Å². The van der Waals surface area contributed by atoms with Gasteiger partial charge in [-0.05, 0) is 63.5 Å². The number of nitriles is 1. The third-order valence-electron chi connectivity index (χ3n) is 3.51. The van der Waals surface area contributed by atoms with Gasteiger partial charge in [0, 0.05) is 4.47 Å². The highest BCUT2D eigenvalue weighted by Crippen LogP contribution is 2.24. The number of hydrogen-bond acceptors (Lipinski definition) is 3. The van der Waals surface area contributed by atoms with Crippen molar-refractivity contribution in [3.63, 3.8) is 0 Å². The smallest absolute Gasteiger partial charge is 0.344 e. The second-order valence-electron chi connectivity index (χ2n) is 5.08. The van der Waals surface area contributed by atoms with E-state index < -0.39 is 5.97 Å². The molecule has 0 amide bonds. The average Bonchev–Trinajstić information content (AvgIpc) is 2.63. The number of nitrogens with zero attached hydrogens (tertiary/aromatic N) is 1. The molecule has 3 aromatic carbocycles. The topological polar surface area (TPSA) is 50.1 Å². The zero-order valence-corrected chi connectivity index (χ0v) is 14.2. The molecular weight excluding hydrogens is 366 g/mol. The maximum absolute atomic E-state index is 12.2. The van der Waals surface area contributed by atoms with Gasteiger partial charge in [0.1, 0.15) is 5.75 Å². The molecule has 0 aliphatic heterocycles. The van der Waals surface area contributed by atoms with E-state index in [-0.39, 0.29) is 0 Å². The van der Waals surface area contributed by atoms with E-state index in [0.717, 1.165) is 11.1 Å². The van der Waals surface area contributed by atoms with Gasteiger partial charge in [0.25, 0.3) is 0 Å². The van der Waals surface area contributed by atoms with Gasteiger partial charge in [-0.2, -0.15) is 5.26 Å². The molecule has 0 aromatic heterocycles. The van der Waals surface area contributed by atoms with E-state index in [1.165, 1.54) is 0 Å². The van der Waals surface area contributed by atoms with Crippen molar-refractivity contribution in [1.82, 2.24) is 0 Å². The van der Waals surface area contributed by atoms with Crippen LogP contribution in [0.15, 0.2) is 77.3 Å². The molecule has 0 saturated heterocycles. The van der Waals surface area contributed by atoms with Gasteiger partial charge in [-0.1, -0.05) is 36.4 Å². The summed E-state index contributed by atoms with van der Waals surface area (Å²) in [7, 11) is 0. The Morgan fingerprint density at radius 1 is 0.875 bits per heavy atom. The van der Waals surface area contributed by atoms with Gasteiger partial charge in [-0.25, -0.2) is 4.79 Å². The highest BCUT2D eigenvalue weighted by atomic mass is 79.9. The summed E-state index contributed by atoms with van der Waals surface area (Å²) in [6.07, 6.45) is 0. The molecule has 0 saturated carbocycles. The van der Waals surface area contributed by atoms with Gasteiger partial charge in [-0.15, -0.1) is 0 Å². The van der Waals surface area contributed by atoms with Crippen molar-refractivity contribution in [2.75, 3.05) is 0 Å². The first-order chi connectivity index (χ1) is 11.7. The van der Waals surface area contributed by atoms with Gasteiger partial charge in [-0.3, -0.25) is 0 Å². The van der Waals surface area contributed by atoms with Crippen LogP contribution in [0.4, 0.5) is 0 Å². The first-order valence-electron chi connectivity index (χ1n) is 7.25. The predicted octanol–water partition coefficient (Wildman–Crippen LogP) is 5.21. The van der Waals surface area contributed by atoms with E-state index in [2.05, 4.69) is 22.0 Å². The molecule has 0 fully saturated rings. The average molecular weight is 378 g/mol. The molecule has 4 heteroatoms. The van der Waals surface area contributed by atoms with Gasteiger partial charge in [0.2, 0.25) is 0 Å². The largest absolute Gasteiger partial charge is 0.423 e. The van der Waals surface area contributed by atoms with Gasteiger partial charge in [0.05, 0.1) is 17.2 Å². The summed E-state index contributed by atoms with van der Waals surface area (Å²) >= 11 is 3.34. The minimum Gasteiger partial charge on any atom is -0.423 e. The molecule has 0 radical (unpaired) electrons. The summed E-state index contributed by atoms with van der Waals surface area (Å²) in [5.41, 5.74) is 3.09. The first-order valence-corrected chi connectivity index (χ1v) is 8.04. The lowest BCUT2D eigenvalue weighted by atomic mass is 10.0.